The van der Waals surface area contributed by atoms with E-state index in [1.807, 2.05) is 0 Å². The highest BCUT2D eigenvalue weighted by Gasteiger charge is 2.12. The van der Waals surface area contributed by atoms with E-state index in [0.717, 1.165) is 0 Å². The van der Waals surface area contributed by atoms with Crippen molar-refractivity contribution in [2.45, 2.75) is 19.6 Å². The largest absolute Gasteiger partial charge is 0.547 e. The SMILES string of the molecule is COC=CO[Si](C)(C)C. The number of rotatable bonds is 3. The molecule has 54 valence electrons. The van der Waals surface area contributed by atoms with Gasteiger partial charge in [0.05, 0.1) is 7.11 Å². The van der Waals surface area contributed by atoms with Gasteiger partial charge in [-0.3, -0.25) is 0 Å². The lowest BCUT2D eigenvalue weighted by Crippen LogP contribution is -2.21. The summed E-state index contributed by atoms with van der Waals surface area (Å²) in [5.74, 6) is 0. The monoisotopic (exact) mass is 146 g/mol. The van der Waals surface area contributed by atoms with E-state index < -0.39 is 8.32 Å². The van der Waals surface area contributed by atoms with Crippen molar-refractivity contribution in [3.05, 3.63) is 12.5 Å². The number of methoxy groups -OCH3 is 1. The molecule has 0 aromatic heterocycles. The molecule has 0 aromatic carbocycles. The average Bonchev–Trinajstić information content (AvgIpc) is 1.63. The Labute approximate surface area is 57.6 Å². The third-order valence-electron chi connectivity index (χ3n) is 0.613. The molecule has 0 heterocycles. The quantitative estimate of drug-likeness (QED) is 0.447. The first kappa shape index (κ1) is 8.56. The summed E-state index contributed by atoms with van der Waals surface area (Å²) in [7, 11) is 0.240. The van der Waals surface area contributed by atoms with Crippen LogP contribution in [-0.4, -0.2) is 15.4 Å². The Balaban J connectivity index is 3.38. The maximum Gasteiger partial charge on any atom is 0.241 e. The van der Waals surface area contributed by atoms with Gasteiger partial charge in [-0.25, -0.2) is 0 Å². The lowest BCUT2D eigenvalue weighted by atomic mass is 11.1. The number of hydrogen-bond acceptors (Lipinski definition) is 2. The first-order valence-corrected chi connectivity index (χ1v) is 6.33. The summed E-state index contributed by atoms with van der Waals surface area (Å²) < 4.78 is 9.96. The smallest absolute Gasteiger partial charge is 0.241 e. The second kappa shape index (κ2) is 3.56. The molecule has 0 unspecified atom stereocenters. The highest BCUT2D eigenvalue weighted by molar-refractivity contribution is 6.69. The summed E-state index contributed by atoms with van der Waals surface area (Å²) in [6.45, 7) is 6.35. The Morgan fingerprint density at radius 3 is 2.00 bits per heavy atom. The summed E-state index contributed by atoms with van der Waals surface area (Å²) in [6, 6.07) is 0. The Hall–Kier alpha value is -0.443. The highest BCUT2D eigenvalue weighted by atomic mass is 28.4. The maximum atomic E-state index is 5.30. The van der Waals surface area contributed by atoms with Crippen molar-refractivity contribution in [2.75, 3.05) is 7.11 Å². The van der Waals surface area contributed by atoms with Gasteiger partial charge in [0.15, 0.2) is 0 Å². The first-order valence-electron chi connectivity index (χ1n) is 2.92. The van der Waals surface area contributed by atoms with Crippen molar-refractivity contribution < 1.29 is 9.16 Å². The number of hydrogen-bond donors (Lipinski definition) is 0. The summed E-state index contributed by atoms with van der Waals surface area (Å²) in [5.41, 5.74) is 0. The zero-order chi connectivity index (χ0) is 7.33. The van der Waals surface area contributed by atoms with Gasteiger partial charge in [-0.05, 0) is 19.6 Å². The van der Waals surface area contributed by atoms with Crippen LogP contribution in [0.3, 0.4) is 0 Å². The second-order valence-corrected chi connectivity index (χ2v) is 7.20. The molecule has 0 saturated carbocycles. The minimum Gasteiger partial charge on any atom is -0.547 e. The van der Waals surface area contributed by atoms with E-state index in [-0.39, 0.29) is 0 Å². The van der Waals surface area contributed by atoms with Crippen molar-refractivity contribution in [3.63, 3.8) is 0 Å². The Bertz CT molecular complexity index is 93.7. The fraction of sp³-hybridized carbons (Fsp3) is 0.667. The molecular weight excluding hydrogens is 132 g/mol. The maximum absolute atomic E-state index is 5.30. The molecule has 0 aliphatic carbocycles. The van der Waals surface area contributed by atoms with Crippen molar-refractivity contribution in [1.29, 1.82) is 0 Å². The van der Waals surface area contributed by atoms with Gasteiger partial charge in [0, 0.05) is 0 Å². The van der Waals surface area contributed by atoms with E-state index in [4.69, 9.17) is 4.43 Å². The molecule has 0 amide bonds. The molecule has 0 atom stereocenters. The van der Waals surface area contributed by atoms with Crippen LogP contribution in [0.4, 0.5) is 0 Å². The molecule has 0 aliphatic heterocycles. The van der Waals surface area contributed by atoms with Gasteiger partial charge in [0.2, 0.25) is 8.32 Å². The van der Waals surface area contributed by atoms with Crippen molar-refractivity contribution in [3.8, 4) is 0 Å². The minimum atomic E-state index is -1.36. The molecule has 0 saturated heterocycles. The van der Waals surface area contributed by atoms with E-state index in [2.05, 4.69) is 24.4 Å². The van der Waals surface area contributed by atoms with Gasteiger partial charge in [-0.1, -0.05) is 0 Å². The molecular formula is C6H14O2Si. The van der Waals surface area contributed by atoms with Crippen LogP contribution in [0.5, 0.6) is 0 Å². The van der Waals surface area contributed by atoms with Gasteiger partial charge < -0.3 is 9.16 Å². The minimum absolute atomic E-state index is 1.36. The topological polar surface area (TPSA) is 18.5 Å². The zero-order valence-electron chi connectivity index (χ0n) is 6.47. The zero-order valence-corrected chi connectivity index (χ0v) is 7.47. The molecule has 0 aliphatic rings. The molecule has 0 aromatic rings. The van der Waals surface area contributed by atoms with Crippen LogP contribution in [0.1, 0.15) is 0 Å². The normalized spacial score (nSPS) is 12.0. The Kier molecular flexibility index (Phi) is 3.38. The molecule has 0 spiro atoms. The van der Waals surface area contributed by atoms with Gasteiger partial charge >= 0.3 is 0 Å². The van der Waals surface area contributed by atoms with E-state index in [0.29, 0.717) is 0 Å². The summed E-state index contributed by atoms with van der Waals surface area (Å²) >= 11 is 0. The average molecular weight is 146 g/mol. The van der Waals surface area contributed by atoms with Crippen LogP contribution >= 0.6 is 0 Å². The van der Waals surface area contributed by atoms with Gasteiger partial charge in [0.25, 0.3) is 0 Å². The number of ether oxygens (including phenoxy) is 1. The molecule has 0 rings (SSSR count). The van der Waals surface area contributed by atoms with Crippen LogP contribution in [0.2, 0.25) is 19.6 Å². The van der Waals surface area contributed by atoms with Gasteiger partial charge in [-0.15, -0.1) is 0 Å². The molecule has 9 heavy (non-hydrogen) atoms. The molecule has 0 fully saturated rings. The predicted molar refractivity (Wildman–Crippen MR) is 40.6 cm³/mol. The van der Waals surface area contributed by atoms with Crippen molar-refractivity contribution in [2.24, 2.45) is 0 Å². The molecule has 2 nitrogen and oxygen atoms in total. The van der Waals surface area contributed by atoms with E-state index in [1.165, 1.54) is 6.26 Å². The van der Waals surface area contributed by atoms with Gasteiger partial charge in [0.1, 0.15) is 12.5 Å². The highest BCUT2D eigenvalue weighted by Crippen LogP contribution is 2.01. The summed E-state index contributed by atoms with van der Waals surface area (Å²) in [4.78, 5) is 0. The molecule has 0 radical (unpaired) electrons. The molecule has 0 N–H and O–H groups in total. The second-order valence-electron chi connectivity index (χ2n) is 2.74. The van der Waals surface area contributed by atoms with Crippen LogP contribution in [-0.2, 0) is 9.16 Å². The summed E-state index contributed by atoms with van der Waals surface area (Å²) in [6.07, 6.45) is 3.14. The third-order valence-corrected chi connectivity index (χ3v) is 1.46. The van der Waals surface area contributed by atoms with Crippen LogP contribution in [0.15, 0.2) is 12.5 Å². The lowest BCUT2D eigenvalue weighted by molar-refractivity contribution is 0.319. The van der Waals surface area contributed by atoms with Crippen LogP contribution < -0.4 is 0 Å². The van der Waals surface area contributed by atoms with E-state index in [1.54, 1.807) is 13.4 Å². The molecule has 3 heteroatoms. The Morgan fingerprint density at radius 1 is 1.11 bits per heavy atom. The third kappa shape index (κ3) is 7.56. The molecule has 0 bridgehead atoms. The van der Waals surface area contributed by atoms with E-state index >= 15 is 0 Å². The van der Waals surface area contributed by atoms with Crippen LogP contribution in [0.25, 0.3) is 0 Å². The Morgan fingerprint density at radius 2 is 1.67 bits per heavy atom. The predicted octanol–water partition coefficient (Wildman–Crippen LogP) is 1.96. The van der Waals surface area contributed by atoms with Crippen molar-refractivity contribution >= 4 is 8.32 Å². The fourth-order valence-electron chi connectivity index (χ4n) is 0.287. The summed E-state index contributed by atoms with van der Waals surface area (Å²) in [5, 5.41) is 0. The van der Waals surface area contributed by atoms with E-state index in [9.17, 15) is 0 Å². The fourth-order valence-corrected chi connectivity index (χ4v) is 0.751. The van der Waals surface area contributed by atoms with Crippen LogP contribution in [0, 0.1) is 0 Å². The van der Waals surface area contributed by atoms with Crippen molar-refractivity contribution in [1.82, 2.24) is 0 Å². The standard InChI is InChI=1S/C6H14O2Si/c1-7-5-6-8-9(2,3)4/h5-6H,1-4H3. The first-order chi connectivity index (χ1) is 4.06. The van der Waals surface area contributed by atoms with Gasteiger partial charge in [-0.2, -0.15) is 0 Å². The lowest BCUT2D eigenvalue weighted by Gasteiger charge is -2.13.